The van der Waals surface area contributed by atoms with E-state index in [1.165, 1.54) is 42.0 Å². The van der Waals surface area contributed by atoms with Gasteiger partial charge in [-0.25, -0.2) is 36.6 Å². The van der Waals surface area contributed by atoms with Crippen LogP contribution in [-0.4, -0.2) is 103 Å². The number of alkyl carbamates (subject to hydrolysis) is 2. The van der Waals surface area contributed by atoms with Gasteiger partial charge in [-0.1, -0.05) is 57.2 Å². The molecule has 3 atom stereocenters. The zero-order valence-electron chi connectivity index (χ0n) is 44.2. The Kier molecular flexibility index (Phi) is 19.7. The van der Waals surface area contributed by atoms with Gasteiger partial charge >= 0.3 is 24.2 Å². The molecule has 3 aromatic carbocycles. The predicted octanol–water partition coefficient (Wildman–Crippen LogP) is 9.46. The van der Waals surface area contributed by atoms with Crippen molar-refractivity contribution >= 4 is 62.9 Å². The minimum absolute atomic E-state index is 0.0222. The third-order valence-corrected chi connectivity index (χ3v) is 12.7. The largest absolute Gasteiger partial charge is 0.495 e. The third kappa shape index (κ3) is 17.3. The number of Topliss-reactive ketones (excluding diaryl/α,β-unsaturated/α-hetero) is 2. The average Bonchev–Trinajstić information content (AvgIpc) is 3.74. The smallest absolute Gasteiger partial charge is 0.424 e. The van der Waals surface area contributed by atoms with Crippen molar-refractivity contribution in [3.63, 3.8) is 0 Å². The molecule has 0 aliphatic rings. The number of unbranched alkanes of at least 4 members (excludes halogenated alkanes) is 1. The Labute approximate surface area is 436 Å². The molecule has 404 valence electrons. The number of nitrogens with one attached hydrogen (secondary N) is 2. The standard InChI is InChI=1S/C54H67FN6O13S/c1-33(2)41(30-45(63)42(57-51(66)74-54(7,8)9)14-12-13-27-56-50(65)73-53(4,5)6)48(64)71-32-72-52(67)61(43-25-24-40(75(11,68)69)29-46(43)70-10)49-58-47-26-21-38(31-60(47)59-49)37-17-15-35(16-18-37)28-44(62)34(3)36-19-22-39(55)23-20-36/h15-26,29,31,33-34,41-42H,12-14,27-28,30,32H2,1-11H3,(H,56,65)(H,57,66)/t34-,41+,42+/m1/s1. The van der Waals surface area contributed by atoms with Crippen LogP contribution in [0.5, 0.6) is 5.75 Å². The molecule has 75 heavy (non-hydrogen) atoms. The number of sulfone groups is 1. The normalized spacial score (nSPS) is 13.0. The fraction of sp³-hybridized carbons (Fsp3) is 0.444. The number of pyridine rings is 1. The van der Waals surface area contributed by atoms with Crippen LogP contribution in [0.1, 0.15) is 105 Å². The second kappa shape index (κ2) is 25.2. The summed E-state index contributed by atoms with van der Waals surface area (Å²) in [6, 6.07) is 19.4. The van der Waals surface area contributed by atoms with Crippen molar-refractivity contribution in [2.75, 3.05) is 31.6 Å². The number of halogens is 1. The van der Waals surface area contributed by atoms with E-state index < -0.39 is 81.7 Å². The summed E-state index contributed by atoms with van der Waals surface area (Å²) in [7, 11) is -2.45. The van der Waals surface area contributed by atoms with Crippen molar-refractivity contribution in [1.29, 1.82) is 0 Å². The number of benzene rings is 3. The number of rotatable bonds is 22. The molecule has 2 heterocycles. The summed E-state index contributed by atoms with van der Waals surface area (Å²) in [5.41, 5.74) is 1.70. The van der Waals surface area contributed by atoms with Gasteiger partial charge in [-0.05, 0) is 120 Å². The molecule has 21 heteroatoms. The van der Waals surface area contributed by atoms with Crippen molar-refractivity contribution in [3.05, 3.63) is 102 Å². The quantitative estimate of drug-likeness (QED) is 0.0284. The lowest BCUT2D eigenvalue weighted by atomic mass is 9.88. The SMILES string of the molecule is COc1cc(S(C)(=O)=O)ccc1N(C(=O)OCOC(=O)[C@@H](CC(=O)[C@H](CCCCNC(=O)OC(C)(C)C)NC(=O)OC(C)(C)C)C(C)C)c1nc2ccc(-c3ccc(CC(=O)[C@H](C)c4ccc(F)cc4)cc3)cn2n1. The van der Waals surface area contributed by atoms with Crippen molar-refractivity contribution < 1.29 is 65.3 Å². The second-order valence-corrected chi connectivity index (χ2v) is 22.3. The van der Waals surface area contributed by atoms with E-state index in [4.69, 9.17) is 23.7 Å². The van der Waals surface area contributed by atoms with Gasteiger partial charge in [-0.2, -0.15) is 4.98 Å². The number of fused-ring (bicyclic) bond motifs is 1. The Morgan fingerprint density at radius 2 is 1.43 bits per heavy atom. The first-order valence-corrected chi connectivity index (χ1v) is 26.3. The van der Waals surface area contributed by atoms with Gasteiger partial charge in [0, 0.05) is 49.4 Å². The number of amides is 3. The number of anilines is 2. The fourth-order valence-corrected chi connectivity index (χ4v) is 8.24. The summed E-state index contributed by atoms with van der Waals surface area (Å²) in [6.45, 7) is 14.8. The van der Waals surface area contributed by atoms with E-state index in [9.17, 15) is 41.6 Å². The highest BCUT2D eigenvalue weighted by Crippen LogP contribution is 2.36. The number of nitrogens with zero attached hydrogens (tertiary/aromatic N) is 4. The number of ketones is 2. The van der Waals surface area contributed by atoms with Gasteiger partial charge in [-0.15, -0.1) is 5.10 Å². The lowest BCUT2D eigenvalue weighted by Crippen LogP contribution is -2.44. The van der Waals surface area contributed by atoms with Crippen molar-refractivity contribution in [3.8, 4) is 16.9 Å². The number of esters is 1. The van der Waals surface area contributed by atoms with E-state index in [0.717, 1.165) is 27.8 Å². The summed E-state index contributed by atoms with van der Waals surface area (Å²) < 4.78 is 67.1. The zero-order valence-corrected chi connectivity index (χ0v) is 45.0. The maximum absolute atomic E-state index is 14.2. The summed E-state index contributed by atoms with van der Waals surface area (Å²) >= 11 is 0. The molecule has 0 aliphatic heterocycles. The topological polar surface area (TPSA) is 240 Å². The lowest BCUT2D eigenvalue weighted by molar-refractivity contribution is -0.159. The molecule has 0 unspecified atom stereocenters. The van der Waals surface area contributed by atoms with E-state index in [-0.39, 0.29) is 59.7 Å². The Hall–Kier alpha value is -7.42. The minimum atomic E-state index is -3.73. The molecule has 0 spiro atoms. The number of hydrogen-bond donors (Lipinski definition) is 2. The van der Waals surface area contributed by atoms with E-state index in [1.54, 1.807) is 92.8 Å². The van der Waals surface area contributed by atoms with Crippen LogP contribution in [0.2, 0.25) is 0 Å². The second-order valence-electron chi connectivity index (χ2n) is 20.3. The summed E-state index contributed by atoms with van der Waals surface area (Å²) in [6.07, 6.45) is 0.920. The number of aromatic nitrogens is 3. The summed E-state index contributed by atoms with van der Waals surface area (Å²) in [5.74, 6) is -3.99. The highest BCUT2D eigenvalue weighted by atomic mass is 32.2. The molecule has 19 nitrogen and oxygen atoms in total. The molecular formula is C54H67FN6O13S. The van der Waals surface area contributed by atoms with Gasteiger partial charge in [-0.3, -0.25) is 14.4 Å². The summed E-state index contributed by atoms with van der Waals surface area (Å²) in [4.78, 5) is 85.2. The van der Waals surface area contributed by atoms with Crippen LogP contribution in [0, 0.1) is 17.7 Å². The maximum Gasteiger partial charge on any atom is 0.424 e. The number of carbonyl (C=O) groups is 6. The zero-order chi connectivity index (χ0) is 55.4. The molecule has 0 bridgehead atoms. The first-order chi connectivity index (χ1) is 35.1. The number of carbonyl (C=O) groups excluding carboxylic acids is 6. The van der Waals surface area contributed by atoms with Crippen molar-refractivity contribution in [2.45, 2.75) is 122 Å². The van der Waals surface area contributed by atoms with Crippen molar-refractivity contribution in [2.24, 2.45) is 11.8 Å². The van der Waals surface area contributed by atoms with Crippen LogP contribution in [0.25, 0.3) is 16.8 Å². The number of hydrogen-bond acceptors (Lipinski definition) is 15. The molecule has 5 rings (SSSR count). The number of ether oxygens (including phenoxy) is 5. The maximum atomic E-state index is 14.2. The van der Waals surface area contributed by atoms with Crippen LogP contribution in [-0.2, 0) is 49.6 Å². The van der Waals surface area contributed by atoms with Crippen molar-refractivity contribution in [1.82, 2.24) is 25.2 Å². The summed E-state index contributed by atoms with van der Waals surface area (Å²) in [5, 5.41) is 9.85. The van der Waals surface area contributed by atoms with Crippen LogP contribution < -0.4 is 20.3 Å². The first-order valence-electron chi connectivity index (χ1n) is 24.4. The monoisotopic (exact) mass is 1060 g/mol. The van der Waals surface area contributed by atoms with Crippen LogP contribution >= 0.6 is 0 Å². The fourth-order valence-electron chi connectivity index (χ4n) is 7.61. The van der Waals surface area contributed by atoms with Gasteiger partial charge in [0.25, 0.3) is 5.95 Å². The van der Waals surface area contributed by atoms with E-state index in [1.807, 2.05) is 24.3 Å². The van der Waals surface area contributed by atoms with Crippen LogP contribution in [0.4, 0.5) is 30.4 Å². The van der Waals surface area contributed by atoms with Gasteiger partial charge in [0.05, 0.1) is 29.7 Å². The first kappa shape index (κ1) is 58.5. The molecule has 3 amide bonds. The molecule has 0 aliphatic carbocycles. The van der Waals surface area contributed by atoms with Gasteiger partial charge in [0.2, 0.25) is 6.79 Å². The van der Waals surface area contributed by atoms with Gasteiger partial charge in [0.15, 0.2) is 21.3 Å². The van der Waals surface area contributed by atoms with Gasteiger partial charge < -0.3 is 34.3 Å². The van der Waals surface area contributed by atoms with Crippen LogP contribution in [0.3, 0.4) is 0 Å². The third-order valence-electron chi connectivity index (χ3n) is 11.6. The predicted molar refractivity (Wildman–Crippen MR) is 277 cm³/mol. The Morgan fingerprint density at radius 1 is 0.787 bits per heavy atom. The Bertz CT molecular complexity index is 2950. The molecule has 0 radical (unpaired) electrons. The molecule has 0 saturated carbocycles. The molecule has 2 N–H and O–H groups in total. The molecule has 0 fully saturated rings. The molecule has 2 aromatic heterocycles. The van der Waals surface area contributed by atoms with Gasteiger partial charge in [0.1, 0.15) is 28.6 Å². The average molecular weight is 1060 g/mol. The van der Waals surface area contributed by atoms with E-state index >= 15 is 0 Å². The Morgan fingerprint density at radius 3 is 2.04 bits per heavy atom. The lowest BCUT2D eigenvalue weighted by Gasteiger charge is -2.25. The molecule has 5 aromatic rings. The minimum Gasteiger partial charge on any atom is -0.495 e. The Balaban J connectivity index is 1.32. The molecular weight excluding hydrogens is 992 g/mol. The van der Waals surface area contributed by atoms with Crippen LogP contribution in [0.15, 0.2) is 90.0 Å². The number of methoxy groups -OCH3 is 1. The van der Waals surface area contributed by atoms with E-state index in [2.05, 4.69) is 20.7 Å². The molecule has 0 saturated heterocycles. The van der Waals surface area contributed by atoms with E-state index in [0.29, 0.717) is 24.1 Å². The highest BCUT2D eigenvalue weighted by molar-refractivity contribution is 7.90. The highest BCUT2D eigenvalue weighted by Gasteiger charge is 2.33.